The Morgan fingerprint density at radius 2 is 1.73 bits per heavy atom. The van der Waals surface area contributed by atoms with E-state index in [1.54, 1.807) is 26.0 Å². The third-order valence-electron chi connectivity index (χ3n) is 4.37. The molecule has 0 aliphatic carbocycles. The van der Waals surface area contributed by atoms with Crippen LogP contribution in [0.25, 0.3) is 0 Å². The van der Waals surface area contributed by atoms with E-state index in [4.69, 9.17) is 8.92 Å². The standard InChI is InChI=1S/C22H27NO6S/c1-5-6-17(4)23-21(24)14-28-22(25)18-9-11-19(12-10-18)29-30(26,27)20-13-15(2)7-8-16(20)3/h7-13,17H,5-6,14H2,1-4H3,(H,23,24)/t17-/m1/s1. The summed E-state index contributed by atoms with van der Waals surface area (Å²) in [5.41, 5.74) is 1.56. The maximum Gasteiger partial charge on any atom is 0.339 e. The molecule has 0 aliphatic rings. The van der Waals surface area contributed by atoms with Crippen LogP contribution < -0.4 is 9.50 Å². The predicted octanol–water partition coefficient (Wildman–Crippen LogP) is 3.53. The van der Waals surface area contributed by atoms with Crippen LogP contribution in [-0.2, 0) is 19.6 Å². The van der Waals surface area contributed by atoms with Gasteiger partial charge in [-0.3, -0.25) is 4.79 Å². The van der Waals surface area contributed by atoms with Gasteiger partial charge >= 0.3 is 16.1 Å². The highest BCUT2D eigenvalue weighted by Gasteiger charge is 2.20. The van der Waals surface area contributed by atoms with Crippen LogP contribution in [0.15, 0.2) is 47.4 Å². The second-order valence-corrected chi connectivity index (χ2v) is 8.68. The minimum Gasteiger partial charge on any atom is -0.452 e. The van der Waals surface area contributed by atoms with Gasteiger partial charge in [0.2, 0.25) is 0 Å². The molecule has 0 fully saturated rings. The topological polar surface area (TPSA) is 98.8 Å². The number of carbonyl (C=O) groups is 2. The maximum absolute atomic E-state index is 12.5. The number of nitrogens with one attached hydrogen (secondary N) is 1. The van der Waals surface area contributed by atoms with Crippen molar-refractivity contribution in [3.8, 4) is 5.75 Å². The number of rotatable bonds is 9. The van der Waals surface area contributed by atoms with Gasteiger partial charge in [0.05, 0.1) is 5.56 Å². The number of benzene rings is 2. The molecular formula is C22H27NO6S. The molecule has 162 valence electrons. The average Bonchev–Trinajstić information content (AvgIpc) is 2.68. The molecule has 0 radical (unpaired) electrons. The molecule has 0 bridgehead atoms. The van der Waals surface area contributed by atoms with Gasteiger partial charge in [0.15, 0.2) is 6.61 Å². The highest BCUT2D eigenvalue weighted by atomic mass is 32.2. The summed E-state index contributed by atoms with van der Waals surface area (Å²) in [4.78, 5) is 24.0. The molecule has 1 atom stereocenters. The monoisotopic (exact) mass is 433 g/mol. The zero-order valence-electron chi connectivity index (χ0n) is 17.6. The highest BCUT2D eigenvalue weighted by molar-refractivity contribution is 7.87. The van der Waals surface area contributed by atoms with Crippen molar-refractivity contribution in [3.63, 3.8) is 0 Å². The van der Waals surface area contributed by atoms with E-state index in [0.29, 0.717) is 5.56 Å². The van der Waals surface area contributed by atoms with Crippen molar-refractivity contribution in [3.05, 3.63) is 59.2 Å². The van der Waals surface area contributed by atoms with E-state index in [1.165, 1.54) is 24.3 Å². The Morgan fingerprint density at radius 1 is 1.07 bits per heavy atom. The Bertz CT molecular complexity index is 999. The number of carbonyl (C=O) groups excluding carboxylic acids is 2. The summed E-state index contributed by atoms with van der Waals surface area (Å²) >= 11 is 0. The molecule has 2 aromatic rings. The van der Waals surface area contributed by atoms with Crippen LogP contribution in [-0.4, -0.2) is 32.9 Å². The van der Waals surface area contributed by atoms with Gasteiger partial charge in [-0.2, -0.15) is 8.42 Å². The smallest absolute Gasteiger partial charge is 0.339 e. The molecule has 2 rings (SSSR count). The predicted molar refractivity (Wildman–Crippen MR) is 113 cm³/mol. The molecule has 0 unspecified atom stereocenters. The summed E-state index contributed by atoms with van der Waals surface area (Å²) < 4.78 is 35.3. The van der Waals surface area contributed by atoms with E-state index in [2.05, 4.69) is 5.32 Å². The van der Waals surface area contributed by atoms with Crippen LogP contribution in [0.5, 0.6) is 5.75 Å². The molecule has 0 saturated carbocycles. The summed E-state index contributed by atoms with van der Waals surface area (Å²) in [6, 6.07) is 10.6. The quantitative estimate of drug-likeness (QED) is 0.480. The molecule has 30 heavy (non-hydrogen) atoms. The first-order chi connectivity index (χ1) is 14.1. The number of hydrogen-bond acceptors (Lipinski definition) is 6. The number of aryl methyl sites for hydroxylation is 2. The van der Waals surface area contributed by atoms with Crippen molar-refractivity contribution in [1.82, 2.24) is 5.32 Å². The van der Waals surface area contributed by atoms with Crippen LogP contribution in [0.4, 0.5) is 0 Å². The number of amides is 1. The van der Waals surface area contributed by atoms with Gasteiger partial charge in [-0.05, 0) is 68.7 Å². The van der Waals surface area contributed by atoms with E-state index in [9.17, 15) is 18.0 Å². The van der Waals surface area contributed by atoms with Gasteiger partial charge in [0.25, 0.3) is 5.91 Å². The van der Waals surface area contributed by atoms with Crippen molar-refractivity contribution in [2.75, 3.05) is 6.61 Å². The Kier molecular flexibility index (Phi) is 8.00. The minimum atomic E-state index is -4.01. The lowest BCUT2D eigenvalue weighted by Crippen LogP contribution is -2.35. The lowest BCUT2D eigenvalue weighted by atomic mass is 10.2. The second-order valence-electron chi connectivity index (χ2n) is 7.16. The molecular weight excluding hydrogens is 406 g/mol. The summed E-state index contributed by atoms with van der Waals surface area (Å²) in [5.74, 6) is -0.986. The van der Waals surface area contributed by atoms with Crippen LogP contribution in [0, 0.1) is 13.8 Å². The van der Waals surface area contributed by atoms with E-state index < -0.39 is 16.1 Å². The number of esters is 1. The van der Waals surface area contributed by atoms with E-state index in [0.717, 1.165) is 18.4 Å². The van der Waals surface area contributed by atoms with Gasteiger partial charge < -0.3 is 14.2 Å². The number of ether oxygens (including phenoxy) is 1. The van der Waals surface area contributed by atoms with Crippen molar-refractivity contribution >= 4 is 22.0 Å². The maximum atomic E-state index is 12.5. The lowest BCUT2D eigenvalue weighted by Gasteiger charge is -2.13. The van der Waals surface area contributed by atoms with Gasteiger partial charge in [-0.1, -0.05) is 25.5 Å². The first-order valence-corrected chi connectivity index (χ1v) is 11.1. The SMILES string of the molecule is CCC[C@@H](C)NC(=O)COC(=O)c1ccc(OS(=O)(=O)c2cc(C)ccc2C)cc1. The molecule has 0 aromatic heterocycles. The summed E-state index contributed by atoms with van der Waals surface area (Å²) in [6.07, 6.45) is 1.78. The van der Waals surface area contributed by atoms with Crippen LogP contribution >= 0.6 is 0 Å². The third kappa shape index (κ3) is 6.59. The zero-order chi connectivity index (χ0) is 22.3. The molecule has 0 aliphatic heterocycles. The van der Waals surface area contributed by atoms with Crippen molar-refractivity contribution in [2.24, 2.45) is 0 Å². The van der Waals surface area contributed by atoms with Crippen molar-refractivity contribution in [2.45, 2.75) is 51.5 Å². The van der Waals surface area contributed by atoms with Gasteiger partial charge in [-0.15, -0.1) is 0 Å². The van der Waals surface area contributed by atoms with E-state index in [-0.39, 0.29) is 34.8 Å². The van der Waals surface area contributed by atoms with Crippen molar-refractivity contribution in [1.29, 1.82) is 0 Å². The lowest BCUT2D eigenvalue weighted by molar-refractivity contribution is -0.124. The minimum absolute atomic E-state index is 0.0108. The Morgan fingerprint density at radius 3 is 2.37 bits per heavy atom. The van der Waals surface area contributed by atoms with Crippen LogP contribution in [0.1, 0.15) is 48.2 Å². The molecule has 1 amide bonds. The molecule has 0 heterocycles. The summed E-state index contributed by atoms with van der Waals surface area (Å²) in [7, 11) is -4.01. The third-order valence-corrected chi connectivity index (χ3v) is 5.76. The second kappa shape index (κ2) is 10.2. The van der Waals surface area contributed by atoms with Gasteiger partial charge in [-0.25, -0.2) is 4.79 Å². The van der Waals surface area contributed by atoms with E-state index in [1.807, 2.05) is 19.9 Å². The zero-order valence-corrected chi connectivity index (χ0v) is 18.4. The van der Waals surface area contributed by atoms with Crippen LogP contribution in [0.3, 0.4) is 0 Å². The largest absolute Gasteiger partial charge is 0.452 e. The Labute approximate surface area is 177 Å². The first kappa shape index (κ1) is 23.4. The van der Waals surface area contributed by atoms with Crippen molar-refractivity contribution < 1.29 is 26.9 Å². The van der Waals surface area contributed by atoms with Crippen LogP contribution in [0.2, 0.25) is 0 Å². The molecule has 7 nitrogen and oxygen atoms in total. The normalized spacial score (nSPS) is 12.1. The molecule has 0 spiro atoms. The van der Waals surface area contributed by atoms with Gasteiger partial charge in [0.1, 0.15) is 10.6 Å². The molecule has 8 heteroatoms. The number of hydrogen-bond donors (Lipinski definition) is 1. The summed E-state index contributed by atoms with van der Waals surface area (Å²) in [6.45, 7) is 7.00. The highest BCUT2D eigenvalue weighted by Crippen LogP contribution is 2.23. The molecule has 0 saturated heterocycles. The fourth-order valence-corrected chi connectivity index (χ4v) is 4.08. The Hall–Kier alpha value is -2.87. The summed E-state index contributed by atoms with van der Waals surface area (Å²) in [5, 5.41) is 2.74. The fraction of sp³-hybridized carbons (Fsp3) is 0.364. The molecule has 1 N–H and O–H groups in total. The molecule has 2 aromatic carbocycles. The van der Waals surface area contributed by atoms with E-state index >= 15 is 0 Å². The Balaban J connectivity index is 1.98. The first-order valence-electron chi connectivity index (χ1n) is 9.70. The van der Waals surface area contributed by atoms with Gasteiger partial charge in [0, 0.05) is 6.04 Å². The fourth-order valence-electron chi connectivity index (χ4n) is 2.83. The average molecular weight is 434 g/mol.